The molecular formula is C12H20ClN3O. The van der Waals surface area contributed by atoms with Crippen molar-refractivity contribution in [2.75, 3.05) is 26.2 Å². The monoisotopic (exact) mass is 257 g/mol. The van der Waals surface area contributed by atoms with Crippen LogP contribution in [0.5, 0.6) is 6.01 Å². The summed E-state index contributed by atoms with van der Waals surface area (Å²) in [5.41, 5.74) is 1.83. The van der Waals surface area contributed by atoms with Crippen molar-refractivity contribution in [1.82, 2.24) is 14.9 Å². The van der Waals surface area contributed by atoms with Gasteiger partial charge in [-0.05, 0) is 20.0 Å². The van der Waals surface area contributed by atoms with Gasteiger partial charge in [-0.15, -0.1) is 11.6 Å². The predicted molar refractivity (Wildman–Crippen MR) is 69.6 cm³/mol. The van der Waals surface area contributed by atoms with Gasteiger partial charge in [-0.1, -0.05) is 13.8 Å². The third-order valence-corrected chi connectivity index (χ3v) is 3.02. The molecule has 1 rings (SSSR count). The summed E-state index contributed by atoms with van der Waals surface area (Å²) in [6.45, 7) is 9.76. The van der Waals surface area contributed by atoms with E-state index < -0.39 is 0 Å². The summed E-state index contributed by atoms with van der Waals surface area (Å²) in [6.07, 6.45) is 1.72. The number of hydrogen-bond acceptors (Lipinski definition) is 4. The number of nitrogens with zero attached hydrogens (tertiary/aromatic N) is 3. The average Bonchev–Trinajstić information content (AvgIpc) is 2.35. The van der Waals surface area contributed by atoms with Gasteiger partial charge >= 0.3 is 6.01 Å². The van der Waals surface area contributed by atoms with Gasteiger partial charge in [0, 0.05) is 24.0 Å². The zero-order valence-electron chi connectivity index (χ0n) is 10.7. The van der Waals surface area contributed by atoms with Gasteiger partial charge in [0.2, 0.25) is 0 Å². The molecule has 0 saturated carbocycles. The predicted octanol–water partition coefficient (Wildman–Crippen LogP) is 2.24. The maximum absolute atomic E-state index is 5.74. The van der Waals surface area contributed by atoms with Crippen molar-refractivity contribution in [3.05, 3.63) is 17.5 Å². The highest BCUT2D eigenvalue weighted by molar-refractivity contribution is 6.17. The topological polar surface area (TPSA) is 38.2 Å². The number of likely N-dealkylation sites (N-methyl/N-ethyl adjacent to an activating group) is 1. The minimum Gasteiger partial charge on any atom is -0.462 e. The molecule has 5 heteroatoms. The van der Waals surface area contributed by atoms with Crippen LogP contribution in [0.2, 0.25) is 0 Å². The fraction of sp³-hybridized carbons (Fsp3) is 0.667. The molecule has 1 aromatic rings. The Hall–Kier alpha value is -0.870. The molecule has 0 amide bonds. The van der Waals surface area contributed by atoms with E-state index in [-0.39, 0.29) is 0 Å². The molecule has 0 spiro atoms. The third kappa shape index (κ3) is 4.48. The Morgan fingerprint density at radius 3 is 2.59 bits per heavy atom. The number of alkyl halides is 1. The molecule has 0 aliphatic rings. The Labute approximate surface area is 108 Å². The molecule has 0 atom stereocenters. The van der Waals surface area contributed by atoms with Gasteiger partial charge in [-0.25, -0.2) is 9.97 Å². The molecule has 0 fully saturated rings. The summed E-state index contributed by atoms with van der Waals surface area (Å²) in [5, 5.41) is 0. The Balaban J connectivity index is 2.44. The summed E-state index contributed by atoms with van der Waals surface area (Å²) in [7, 11) is 0. The molecule has 1 aromatic heterocycles. The maximum Gasteiger partial charge on any atom is 0.316 e. The molecule has 0 bridgehead atoms. The number of halogens is 1. The van der Waals surface area contributed by atoms with E-state index in [0.717, 1.165) is 30.9 Å². The Kier molecular flexibility index (Phi) is 6.22. The largest absolute Gasteiger partial charge is 0.462 e. The summed E-state index contributed by atoms with van der Waals surface area (Å²) in [4.78, 5) is 10.7. The summed E-state index contributed by atoms with van der Waals surface area (Å²) < 4.78 is 5.51. The van der Waals surface area contributed by atoms with Crippen molar-refractivity contribution in [3.63, 3.8) is 0 Å². The minimum absolute atomic E-state index is 0.434. The van der Waals surface area contributed by atoms with Crippen LogP contribution in [-0.4, -0.2) is 41.1 Å². The molecule has 0 radical (unpaired) electrons. The number of ether oxygens (including phenoxy) is 1. The lowest BCUT2D eigenvalue weighted by Gasteiger charge is -2.17. The van der Waals surface area contributed by atoms with Crippen LogP contribution < -0.4 is 4.74 Å². The van der Waals surface area contributed by atoms with E-state index in [1.807, 2.05) is 6.92 Å². The molecular weight excluding hydrogens is 238 g/mol. The first-order valence-corrected chi connectivity index (χ1v) is 6.48. The van der Waals surface area contributed by atoms with Gasteiger partial charge in [0.1, 0.15) is 6.61 Å². The van der Waals surface area contributed by atoms with Crippen LogP contribution in [0.4, 0.5) is 0 Å². The highest BCUT2D eigenvalue weighted by Crippen LogP contribution is 2.10. The van der Waals surface area contributed by atoms with E-state index in [0.29, 0.717) is 18.5 Å². The second-order valence-corrected chi connectivity index (χ2v) is 4.04. The lowest BCUT2D eigenvalue weighted by atomic mass is 10.3. The molecule has 96 valence electrons. The van der Waals surface area contributed by atoms with Crippen molar-refractivity contribution in [2.24, 2.45) is 0 Å². The molecule has 0 N–H and O–H groups in total. The zero-order chi connectivity index (χ0) is 12.7. The van der Waals surface area contributed by atoms with E-state index in [9.17, 15) is 0 Å². The van der Waals surface area contributed by atoms with Crippen LogP contribution in [0.25, 0.3) is 0 Å². The lowest BCUT2D eigenvalue weighted by molar-refractivity contribution is 0.212. The Morgan fingerprint density at radius 1 is 1.35 bits per heavy atom. The van der Waals surface area contributed by atoms with Crippen molar-refractivity contribution in [1.29, 1.82) is 0 Å². The maximum atomic E-state index is 5.74. The van der Waals surface area contributed by atoms with Crippen molar-refractivity contribution in [3.8, 4) is 6.01 Å². The first-order valence-electron chi connectivity index (χ1n) is 5.94. The second kappa shape index (κ2) is 7.45. The molecule has 0 saturated heterocycles. The zero-order valence-corrected chi connectivity index (χ0v) is 11.5. The quantitative estimate of drug-likeness (QED) is 0.703. The van der Waals surface area contributed by atoms with E-state index in [2.05, 4.69) is 28.7 Å². The summed E-state index contributed by atoms with van der Waals surface area (Å²) in [6, 6.07) is 0.434. The third-order valence-electron chi connectivity index (χ3n) is 2.74. The molecule has 0 aliphatic heterocycles. The van der Waals surface area contributed by atoms with Crippen LogP contribution in [0, 0.1) is 6.92 Å². The molecule has 0 unspecified atom stereocenters. The SMILES string of the molecule is CCN(CC)CCOc1ncc(CCl)c(C)n1. The van der Waals surface area contributed by atoms with Crippen LogP contribution in [0.1, 0.15) is 25.1 Å². The molecule has 0 aliphatic carbocycles. The summed E-state index contributed by atoms with van der Waals surface area (Å²) in [5.74, 6) is 0.436. The van der Waals surface area contributed by atoms with Crippen LogP contribution in [0.3, 0.4) is 0 Å². The van der Waals surface area contributed by atoms with Crippen LogP contribution in [-0.2, 0) is 5.88 Å². The highest BCUT2D eigenvalue weighted by Gasteiger charge is 2.04. The first kappa shape index (κ1) is 14.2. The number of aromatic nitrogens is 2. The Morgan fingerprint density at radius 2 is 2.06 bits per heavy atom. The van der Waals surface area contributed by atoms with Crippen molar-refractivity contribution in [2.45, 2.75) is 26.7 Å². The molecule has 1 heterocycles. The fourth-order valence-electron chi connectivity index (χ4n) is 1.48. The lowest BCUT2D eigenvalue weighted by Crippen LogP contribution is -2.28. The first-order chi connectivity index (χ1) is 8.21. The van der Waals surface area contributed by atoms with Crippen LogP contribution in [0.15, 0.2) is 6.20 Å². The molecule has 0 aromatic carbocycles. The number of rotatable bonds is 7. The van der Waals surface area contributed by atoms with E-state index in [4.69, 9.17) is 16.3 Å². The van der Waals surface area contributed by atoms with Gasteiger partial charge in [-0.2, -0.15) is 0 Å². The normalized spacial score (nSPS) is 10.9. The van der Waals surface area contributed by atoms with Gasteiger partial charge in [-0.3, -0.25) is 0 Å². The van der Waals surface area contributed by atoms with E-state index >= 15 is 0 Å². The molecule has 4 nitrogen and oxygen atoms in total. The van der Waals surface area contributed by atoms with Gasteiger partial charge in [0.05, 0.1) is 5.88 Å². The van der Waals surface area contributed by atoms with Gasteiger partial charge in [0.15, 0.2) is 0 Å². The fourth-order valence-corrected chi connectivity index (χ4v) is 1.74. The number of aryl methyl sites for hydroxylation is 1. The van der Waals surface area contributed by atoms with Crippen molar-refractivity contribution >= 4 is 11.6 Å². The molecule has 17 heavy (non-hydrogen) atoms. The average molecular weight is 258 g/mol. The van der Waals surface area contributed by atoms with E-state index in [1.165, 1.54) is 0 Å². The van der Waals surface area contributed by atoms with Crippen molar-refractivity contribution < 1.29 is 4.74 Å². The Bertz CT molecular complexity index is 343. The summed E-state index contributed by atoms with van der Waals surface area (Å²) >= 11 is 5.74. The second-order valence-electron chi connectivity index (χ2n) is 3.77. The highest BCUT2D eigenvalue weighted by atomic mass is 35.5. The van der Waals surface area contributed by atoms with Gasteiger partial charge in [0.25, 0.3) is 0 Å². The smallest absolute Gasteiger partial charge is 0.316 e. The number of hydrogen-bond donors (Lipinski definition) is 0. The van der Waals surface area contributed by atoms with E-state index in [1.54, 1.807) is 6.20 Å². The van der Waals surface area contributed by atoms with Gasteiger partial charge < -0.3 is 9.64 Å². The minimum atomic E-state index is 0.434. The standard InChI is InChI=1S/C12H20ClN3O/c1-4-16(5-2)6-7-17-12-14-9-11(8-13)10(3)15-12/h9H,4-8H2,1-3H3. The van der Waals surface area contributed by atoms with Crippen LogP contribution >= 0.6 is 11.6 Å².